The van der Waals surface area contributed by atoms with Gasteiger partial charge in [0, 0.05) is 0 Å². The van der Waals surface area contributed by atoms with Crippen LogP contribution in [0.1, 0.15) is 5.56 Å². The molecule has 1 aromatic carbocycles. The van der Waals surface area contributed by atoms with E-state index in [0.717, 1.165) is 5.56 Å². The molecule has 8 heteroatoms. The van der Waals surface area contributed by atoms with Crippen molar-refractivity contribution in [2.75, 3.05) is 13.7 Å². The summed E-state index contributed by atoms with van der Waals surface area (Å²) in [4.78, 5) is 0. The Morgan fingerprint density at radius 3 is 2.62 bits per heavy atom. The first-order chi connectivity index (χ1) is 10.2. The van der Waals surface area contributed by atoms with Crippen molar-refractivity contribution < 1.29 is 9.47 Å². The zero-order valence-electron chi connectivity index (χ0n) is 11.3. The quantitative estimate of drug-likeness (QED) is 0.487. The monoisotopic (exact) mass is 322 g/mol. The summed E-state index contributed by atoms with van der Waals surface area (Å²) in [5.74, 6) is 1.26. The molecule has 0 unspecified atom stereocenters. The van der Waals surface area contributed by atoms with Crippen LogP contribution in [0.15, 0.2) is 36.0 Å². The summed E-state index contributed by atoms with van der Waals surface area (Å²) < 4.78 is 13.0. The lowest BCUT2D eigenvalue weighted by molar-refractivity contribution is 0.326. The fraction of sp³-hybridized carbons (Fsp3) is 0.154. The summed E-state index contributed by atoms with van der Waals surface area (Å²) in [6.45, 7) is 4.02. The van der Waals surface area contributed by atoms with Gasteiger partial charge in [-0.2, -0.15) is 9.78 Å². The van der Waals surface area contributed by atoms with E-state index in [1.54, 1.807) is 25.5 Å². The zero-order valence-corrected chi connectivity index (χ0v) is 13.0. The smallest absolute Gasteiger partial charge is 0.215 e. The van der Waals surface area contributed by atoms with E-state index in [-0.39, 0.29) is 0 Å². The Morgan fingerprint density at radius 2 is 2.00 bits per heavy atom. The molecule has 0 fully saturated rings. The van der Waals surface area contributed by atoms with Gasteiger partial charge in [0.25, 0.3) is 0 Å². The minimum atomic E-state index is 0.397. The van der Waals surface area contributed by atoms with Gasteiger partial charge in [0.2, 0.25) is 9.54 Å². The van der Waals surface area contributed by atoms with Gasteiger partial charge in [-0.25, -0.2) is 0 Å². The second-order valence-electron chi connectivity index (χ2n) is 3.93. The molecule has 0 aliphatic carbocycles. The summed E-state index contributed by atoms with van der Waals surface area (Å²) in [6, 6.07) is 5.47. The highest BCUT2D eigenvalue weighted by molar-refractivity contribution is 7.72. The molecule has 0 aliphatic rings. The summed E-state index contributed by atoms with van der Waals surface area (Å²) in [6.07, 6.45) is 3.30. The van der Waals surface area contributed by atoms with Gasteiger partial charge >= 0.3 is 0 Å². The van der Waals surface area contributed by atoms with E-state index in [1.807, 2.05) is 12.1 Å². The van der Waals surface area contributed by atoms with Crippen molar-refractivity contribution in [3.8, 4) is 11.5 Å². The number of rotatable bonds is 6. The highest BCUT2D eigenvalue weighted by Crippen LogP contribution is 2.27. The third-order valence-electron chi connectivity index (χ3n) is 2.53. The predicted molar refractivity (Wildman–Crippen MR) is 86.5 cm³/mol. The molecule has 0 amide bonds. The normalized spacial score (nSPS) is 10.7. The van der Waals surface area contributed by atoms with Crippen molar-refractivity contribution in [2.45, 2.75) is 0 Å². The number of nitrogens with zero attached hydrogens (tertiary/aromatic N) is 2. The lowest BCUT2D eigenvalue weighted by Gasteiger charge is -2.09. The molecule has 0 atom stereocenters. The molecular weight excluding hydrogens is 308 g/mol. The van der Waals surface area contributed by atoms with Crippen LogP contribution in [0.5, 0.6) is 11.5 Å². The summed E-state index contributed by atoms with van der Waals surface area (Å²) in [5.41, 5.74) is 0.829. The topological polar surface area (TPSA) is 67.3 Å². The van der Waals surface area contributed by atoms with Crippen molar-refractivity contribution in [3.63, 3.8) is 0 Å². The van der Waals surface area contributed by atoms with Crippen LogP contribution < -0.4 is 9.47 Å². The Kier molecular flexibility index (Phi) is 5.07. The van der Waals surface area contributed by atoms with Gasteiger partial charge in [-0.1, -0.05) is 12.7 Å². The maximum absolute atomic E-state index is 5.48. The zero-order chi connectivity index (χ0) is 15.2. The molecule has 2 N–H and O–H groups in total. The van der Waals surface area contributed by atoms with Crippen molar-refractivity contribution in [1.29, 1.82) is 0 Å². The van der Waals surface area contributed by atoms with E-state index in [2.05, 4.69) is 21.9 Å². The molecular formula is C13H14N4O2S2. The molecule has 2 rings (SSSR count). The minimum Gasteiger partial charge on any atom is -0.493 e. The number of hydrogen-bond donors (Lipinski definition) is 2. The molecule has 0 radical (unpaired) electrons. The van der Waals surface area contributed by atoms with Crippen LogP contribution in [-0.4, -0.2) is 34.8 Å². The number of H-pyrrole nitrogens is 2. The van der Waals surface area contributed by atoms with Crippen LogP contribution in [0, 0.1) is 9.54 Å². The van der Waals surface area contributed by atoms with E-state index in [1.165, 1.54) is 4.68 Å². The molecule has 1 aromatic heterocycles. The fourth-order valence-electron chi connectivity index (χ4n) is 1.57. The van der Waals surface area contributed by atoms with Crippen molar-refractivity contribution in [3.05, 3.63) is 46.0 Å². The Morgan fingerprint density at radius 1 is 1.29 bits per heavy atom. The maximum Gasteiger partial charge on any atom is 0.215 e. The predicted octanol–water partition coefficient (Wildman–Crippen LogP) is 3.06. The Hall–Kier alpha value is -2.19. The first kappa shape index (κ1) is 15.2. The van der Waals surface area contributed by atoms with Crippen LogP contribution in [0.25, 0.3) is 0 Å². The van der Waals surface area contributed by atoms with Crippen LogP contribution in [-0.2, 0) is 0 Å². The lowest BCUT2D eigenvalue weighted by atomic mass is 10.2. The molecule has 0 bridgehead atoms. The highest BCUT2D eigenvalue weighted by atomic mass is 32.1. The average molecular weight is 322 g/mol. The summed E-state index contributed by atoms with van der Waals surface area (Å²) >= 11 is 10.1. The second kappa shape index (κ2) is 7.00. The SMILES string of the molecule is C=CCOc1ccc(/C=N\n2c(=S)[nH][nH]c2=S)cc1OC. The molecule has 1 heterocycles. The molecule has 2 aromatic rings. The number of aromatic nitrogens is 3. The van der Waals surface area contributed by atoms with E-state index in [4.69, 9.17) is 33.9 Å². The largest absolute Gasteiger partial charge is 0.493 e. The first-order valence-electron chi connectivity index (χ1n) is 6.01. The third-order valence-corrected chi connectivity index (χ3v) is 3.08. The Balaban J connectivity index is 2.27. The van der Waals surface area contributed by atoms with Gasteiger partial charge in [0.1, 0.15) is 6.61 Å². The van der Waals surface area contributed by atoms with Crippen LogP contribution in [0.2, 0.25) is 0 Å². The van der Waals surface area contributed by atoms with Crippen molar-refractivity contribution in [1.82, 2.24) is 14.9 Å². The van der Waals surface area contributed by atoms with Gasteiger partial charge in [0.15, 0.2) is 11.5 Å². The molecule has 6 nitrogen and oxygen atoms in total. The lowest BCUT2D eigenvalue weighted by Crippen LogP contribution is -1.97. The Bertz CT molecular complexity index is 745. The third kappa shape index (κ3) is 3.67. The number of nitrogens with one attached hydrogen (secondary N) is 2. The van der Waals surface area contributed by atoms with E-state index in [9.17, 15) is 0 Å². The molecule has 0 saturated carbocycles. The molecule has 110 valence electrons. The standard InChI is InChI=1S/C13H14N4O2S2/c1-3-6-19-10-5-4-9(7-11(10)18-2)8-14-17-12(20)15-16-13(17)21/h3-5,7-8H,1,6H2,2H3,(H,15,20)(H,16,21)/b14-8-. The maximum atomic E-state index is 5.48. The highest BCUT2D eigenvalue weighted by Gasteiger charge is 2.04. The van der Waals surface area contributed by atoms with Crippen LogP contribution in [0.3, 0.4) is 0 Å². The molecule has 21 heavy (non-hydrogen) atoms. The number of benzene rings is 1. The van der Waals surface area contributed by atoms with Gasteiger partial charge in [-0.05, 0) is 48.2 Å². The van der Waals surface area contributed by atoms with Gasteiger partial charge < -0.3 is 9.47 Å². The number of methoxy groups -OCH3 is 1. The van der Waals surface area contributed by atoms with Crippen LogP contribution in [0.4, 0.5) is 0 Å². The fourth-order valence-corrected chi connectivity index (χ4v) is 2.00. The van der Waals surface area contributed by atoms with Gasteiger partial charge in [-0.3, -0.25) is 10.2 Å². The van der Waals surface area contributed by atoms with E-state index < -0.39 is 0 Å². The van der Waals surface area contributed by atoms with E-state index >= 15 is 0 Å². The summed E-state index contributed by atoms with van der Waals surface area (Å²) in [7, 11) is 1.58. The number of ether oxygens (including phenoxy) is 2. The van der Waals surface area contributed by atoms with Gasteiger partial charge in [0.05, 0.1) is 13.3 Å². The number of aromatic amines is 2. The van der Waals surface area contributed by atoms with Crippen molar-refractivity contribution in [2.24, 2.45) is 5.10 Å². The second-order valence-corrected chi connectivity index (χ2v) is 4.70. The summed E-state index contributed by atoms with van der Waals surface area (Å²) in [5, 5.41) is 9.63. The van der Waals surface area contributed by atoms with Crippen molar-refractivity contribution >= 4 is 30.7 Å². The Labute approximate surface area is 131 Å². The van der Waals surface area contributed by atoms with Gasteiger partial charge in [-0.15, -0.1) is 0 Å². The van der Waals surface area contributed by atoms with Crippen LogP contribution >= 0.6 is 24.4 Å². The first-order valence-corrected chi connectivity index (χ1v) is 6.83. The van der Waals surface area contributed by atoms with E-state index in [0.29, 0.717) is 27.6 Å². The number of hydrogen-bond acceptors (Lipinski definition) is 5. The molecule has 0 aliphatic heterocycles. The minimum absolute atomic E-state index is 0.397. The average Bonchev–Trinajstić information content (AvgIpc) is 2.82. The molecule has 0 saturated heterocycles. The molecule has 0 spiro atoms.